The quantitative estimate of drug-likeness (QED) is 0.636. The first kappa shape index (κ1) is 15.5. The minimum atomic E-state index is 0.252. The van der Waals surface area contributed by atoms with E-state index in [-0.39, 0.29) is 11.9 Å². The van der Waals surface area contributed by atoms with Crippen molar-refractivity contribution in [3.8, 4) is 11.4 Å². The third kappa shape index (κ3) is 3.56. The second kappa shape index (κ2) is 6.81. The lowest BCUT2D eigenvalue weighted by Crippen LogP contribution is -2.09. The van der Waals surface area contributed by atoms with Gasteiger partial charge in [0, 0.05) is 36.5 Å². The number of anilines is 2. The Balaban J connectivity index is 1.45. The molecule has 1 saturated heterocycles. The standard InChI is InChI=1S/C16H18N8O/c17-16-20-12(11-3-6-25-9-11)7-13(22-16)19-8-14-21-15(24-23-14)10-1-4-18-5-2-10/h1-2,4-5,7,11H,3,6,8-9H2,(H,21,23,24)(H3,17,19,20,22)/t11-/m0/s1. The second-order valence-corrected chi connectivity index (χ2v) is 5.79. The SMILES string of the molecule is Nc1nc(NCc2nc(-c3ccncc3)n[nH]2)cc([C@H]2CCOC2)n1. The van der Waals surface area contributed by atoms with Gasteiger partial charge in [-0.3, -0.25) is 10.1 Å². The maximum Gasteiger partial charge on any atom is 0.222 e. The van der Waals surface area contributed by atoms with Crippen LogP contribution in [0.5, 0.6) is 0 Å². The molecule has 0 amide bonds. The topological polar surface area (TPSA) is 128 Å². The van der Waals surface area contributed by atoms with E-state index in [0.29, 0.717) is 30.6 Å². The van der Waals surface area contributed by atoms with E-state index < -0.39 is 0 Å². The Morgan fingerprint density at radius 1 is 1.24 bits per heavy atom. The Morgan fingerprint density at radius 2 is 2.12 bits per heavy atom. The molecule has 128 valence electrons. The van der Waals surface area contributed by atoms with Crippen LogP contribution in [0, 0.1) is 0 Å². The molecule has 1 aliphatic rings. The van der Waals surface area contributed by atoms with Crippen LogP contribution in [-0.2, 0) is 11.3 Å². The minimum Gasteiger partial charge on any atom is -0.381 e. The fourth-order valence-corrected chi connectivity index (χ4v) is 2.73. The summed E-state index contributed by atoms with van der Waals surface area (Å²) in [4.78, 5) is 17.0. The molecule has 0 aliphatic carbocycles. The van der Waals surface area contributed by atoms with Gasteiger partial charge < -0.3 is 15.8 Å². The summed E-state index contributed by atoms with van der Waals surface area (Å²) in [6.07, 6.45) is 4.37. The summed E-state index contributed by atoms with van der Waals surface area (Å²) in [5.74, 6) is 2.52. The third-order valence-electron chi connectivity index (χ3n) is 4.02. The van der Waals surface area contributed by atoms with E-state index in [9.17, 15) is 0 Å². The van der Waals surface area contributed by atoms with Crippen molar-refractivity contribution in [2.45, 2.75) is 18.9 Å². The van der Waals surface area contributed by atoms with Gasteiger partial charge in [0.2, 0.25) is 5.95 Å². The average Bonchev–Trinajstić information content (AvgIpc) is 3.32. The van der Waals surface area contributed by atoms with Gasteiger partial charge in [0.15, 0.2) is 5.82 Å². The molecule has 1 fully saturated rings. The summed E-state index contributed by atoms with van der Waals surface area (Å²) in [7, 11) is 0. The molecule has 4 N–H and O–H groups in total. The molecular formula is C16H18N8O. The van der Waals surface area contributed by atoms with Gasteiger partial charge in [0.1, 0.15) is 11.6 Å². The normalized spacial score (nSPS) is 16.9. The van der Waals surface area contributed by atoms with E-state index in [1.54, 1.807) is 12.4 Å². The van der Waals surface area contributed by atoms with Crippen molar-refractivity contribution in [3.63, 3.8) is 0 Å². The molecule has 0 saturated carbocycles. The zero-order valence-electron chi connectivity index (χ0n) is 13.5. The van der Waals surface area contributed by atoms with Crippen LogP contribution in [0.3, 0.4) is 0 Å². The van der Waals surface area contributed by atoms with Crippen molar-refractivity contribution >= 4 is 11.8 Å². The number of aromatic nitrogens is 6. The molecule has 4 heterocycles. The maximum atomic E-state index is 5.83. The zero-order chi connectivity index (χ0) is 17.1. The number of rotatable bonds is 5. The van der Waals surface area contributed by atoms with Gasteiger partial charge in [-0.15, -0.1) is 0 Å². The van der Waals surface area contributed by atoms with Gasteiger partial charge in [-0.25, -0.2) is 9.97 Å². The van der Waals surface area contributed by atoms with Crippen LogP contribution in [0.1, 0.15) is 23.9 Å². The highest BCUT2D eigenvalue weighted by atomic mass is 16.5. The van der Waals surface area contributed by atoms with Crippen molar-refractivity contribution in [1.29, 1.82) is 0 Å². The van der Waals surface area contributed by atoms with Gasteiger partial charge in [0.05, 0.1) is 18.8 Å². The Bertz CT molecular complexity index is 844. The number of pyridine rings is 1. The van der Waals surface area contributed by atoms with E-state index in [2.05, 4.69) is 35.5 Å². The van der Waals surface area contributed by atoms with E-state index in [1.165, 1.54) is 0 Å². The minimum absolute atomic E-state index is 0.252. The lowest BCUT2D eigenvalue weighted by Gasteiger charge is -2.10. The van der Waals surface area contributed by atoms with Crippen LogP contribution in [0.2, 0.25) is 0 Å². The van der Waals surface area contributed by atoms with Gasteiger partial charge >= 0.3 is 0 Å². The number of aromatic amines is 1. The molecule has 0 spiro atoms. The zero-order valence-corrected chi connectivity index (χ0v) is 13.5. The summed E-state index contributed by atoms with van der Waals surface area (Å²) in [6, 6.07) is 5.64. The lowest BCUT2D eigenvalue weighted by atomic mass is 10.0. The maximum absolute atomic E-state index is 5.83. The molecule has 0 unspecified atom stereocenters. The van der Waals surface area contributed by atoms with Crippen molar-refractivity contribution in [1.82, 2.24) is 30.1 Å². The van der Waals surface area contributed by atoms with Crippen LogP contribution in [0.25, 0.3) is 11.4 Å². The van der Waals surface area contributed by atoms with Crippen LogP contribution in [0.15, 0.2) is 30.6 Å². The Kier molecular flexibility index (Phi) is 4.21. The number of hydrogen-bond acceptors (Lipinski definition) is 8. The molecular weight excluding hydrogens is 320 g/mol. The fourth-order valence-electron chi connectivity index (χ4n) is 2.73. The van der Waals surface area contributed by atoms with Crippen molar-refractivity contribution in [2.75, 3.05) is 24.3 Å². The van der Waals surface area contributed by atoms with E-state index in [4.69, 9.17) is 10.5 Å². The van der Waals surface area contributed by atoms with Crippen molar-refractivity contribution < 1.29 is 4.74 Å². The van der Waals surface area contributed by atoms with Crippen LogP contribution < -0.4 is 11.1 Å². The molecule has 4 rings (SSSR count). The number of H-pyrrole nitrogens is 1. The van der Waals surface area contributed by atoms with Gasteiger partial charge in [-0.1, -0.05) is 0 Å². The Hall–Kier alpha value is -3.07. The highest BCUT2D eigenvalue weighted by Gasteiger charge is 2.20. The van der Waals surface area contributed by atoms with E-state index >= 15 is 0 Å². The van der Waals surface area contributed by atoms with Crippen molar-refractivity contribution in [2.24, 2.45) is 0 Å². The second-order valence-electron chi connectivity index (χ2n) is 5.79. The van der Waals surface area contributed by atoms with Crippen molar-refractivity contribution in [3.05, 3.63) is 42.1 Å². The molecule has 0 radical (unpaired) electrons. The van der Waals surface area contributed by atoms with Crippen LogP contribution in [0.4, 0.5) is 11.8 Å². The summed E-state index contributed by atoms with van der Waals surface area (Å²) < 4.78 is 5.42. The number of hydrogen-bond donors (Lipinski definition) is 3. The van der Waals surface area contributed by atoms with Gasteiger partial charge in [0.25, 0.3) is 0 Å². The molecule has 0 bridgehead atoms. The average molecular weight is 338 g/mol. The number of nitrogens with one attached hydrogen (secondary N) is 2. The van der Waals surface area contributed by atoms with Gasteiger partial charge in [-0.05, 0) is 18.6 Å². The molecule has 25 heavy (non-hydrogen) atoms. The highest BCUT2D eigenvalue weighted by Crippen LogP contribution is 2.25. The molecule has 1 aliphatic heterocycles. The monoisotopic (exact) mass is 338 g/mol. The first-order valence-corrected chi connectivity index (χ1v) is 8.05. The largest absolute Gasteiger partial charge is 0.381 e. The molecule has 3 aromatic heterocycles. The first-order valence-electron chi connectivity index (χ1n) is 8.05. The smallest absolute Gasteiger partial charge is 0.222 e. The predicted molar refractivity (Wildman–Crippen MR) is 91.6 cm³/mol. The molecule has 3 aromatic rings. The Morgan fingerprint density at radius 3 is 2.92 bits per heavy atom. The highest BCUT2D eigenvalue weighted by molar-refractivity contribution is 5.53. The number of nitrogens with zero attached hydrogens (tertiary/aromatic N) is 5. The molecule has 9 nitrogen and oxygen atoms in total. The summed E-state index contributed by atoms with van der Waals surface area (Å²) in [6.45, 7) is 1.88. The number of nitrogens with two attached hydrogens (primary N) is 1. The lowest BCUT2D eigenvalue weighted by molar-refractivity contribution is 0.193. The first-order chi connectivity index (χ1) is 12.3. The summed E-state index contributed by atoms with van der Waals surface area (Å²) in [5.41, 5.74) is 7.65. The van der Waals surface area contributed by atoms with Gasteiger partial charge in [-0.2, -0.15) is 10.1 Å². The fraction of sp³-hybridized carbons (Fsp3) is 0.312. The summed E-state index contributed by atoms with van der Waals surface area (Å²) >= 11 is 0. The van der Waals surface area contributed by atoms with E-state index in [0.717, 1.165) is 24.3 Å². The van der Waals surface area contributed by atoms with E-state index in [1.807, 2.05) is 18.2 Å². The van der Waals surface area contributed by atoms with Crippen LogP contribution in [-0.4, -0.2) is 43.3 Å². The number of nitrogen functional groups attached to an aromatic ring is 1. The summed E-state index contributed by atoms with van der Waals surface area (Å²) in [5, 5.41) is 10.4. The molecule has 0 aromatic carbocycles. The third-order valence-corrected chi connectivity index (χ3v) is 4.02. The molecule has 1 atom stereocenters. The van der Waals surface area contributed by atoms with Crippen LogP contribution >= 0.6 is 0 Å². The molecule has 9 heteroatoms. The Labute approximate surface area is 144 Å². The number of ether oxygens (including phenoxy) is 1. The predicted octanol–water partition coefficient (Wildman–Crippen LogP) is 1.35.